The monoisotopic (exact) mass is 226 g/mol. The van der Waals surface area contributed by atoms with Gasteiger partial charge in [0.15, 0.2) is 0 Å². The van der Waals surface area contributed by atoms with E-state index in [1.165, 1.54) is 0 Å². The number of rotatable bonds is 2. The molecule has 0 fully saturated rings. The van der Waals surface area contributed by atoms with E-state index in [0.29, 0.717) is 7.05 Å². The van der Waals surface area contributed by atoms with E-state index in [9.17, 15) is 21.4 Å². The van der Waals surface area contributed by atoms with Gasteiger partial charge in [0.1, 0.15) is 0 Å². The van der Waals surface area contributed by atoms with Crippen molar-refractivity contribution in [3.63, 3.8) is 0 Å². The van der Waals surface area contributed by atoms with Crippen molar-refractivity contribution in [2.45, 2.75) is 0 Å². The van der Waals surface area contributed by atoms with Crippen LogP contribution >= 0.6 is 0 Å². The first-order valence-corrected chi connectivity index (χ1v) is 5.95. The van der Waals surface area contributed by atoms with Gasteiger partial charge in [-0.3, -0.25) is 0 Å². The van der Waals surface area contributed by atoms with Crippen molar-refractivity contribution >= 4 is 37.7 Å². The van der Waals surface area contributed by atoms with E-state index in [2.05, 4.69) is 0 Å². The van der Waals surface area contributed by atoms with Crippen LogP contribution in [-0.2, 0) is 26.0 Å². The molecule has 0 amide bonds. The Morgan fingerprint density at radius 1 is 0.833 bits per heavy atom. The summed E-state index contributed by atoms with van der Waals surface area (Å²) in [5, 5.41) is 0. The summed E-state index contributed by atoms with van der Waals surface area (Å²) in [5.41, 5.74) is 0. The normalized spacial score (nSPS) is 20.0. The second-order valence-corrected chi connectivity index (χ2v) is 7.25. The van der Waals surface area contributed by atoms with Gasteiger partial charge in [-0.1, -0.05) is 0 Å². The van der Waals surface area contributed by atoms with E-state index in [1.54, 1.807) is 0 Å². The fourth-order valence-corrected chi connectivity index (χ4v) is 0.0491. The molecule has 0 aromatic heterocycles. The Bertz CT molecular complexity index is 242. The van der Waals surface area contributed by atoms with Gasteiger partial charge < -0.3 is 0 Å². The van der Waals surface area contributed by atoms with Gasteiger partial charge >= 0.3 is 85.1 Å². The van der Waals surface area contributed by atoms with E-state index in [-0.39, 0.29) is 37.7 Å². The van der Waals surface area contributed by atoms with E-state index >= 15 is 0 Å². The first-order valence-electron chi connectivity index (χ1n) is 1.68. The van der Waals surface area contributed by atoms with Crippen LogP contribution in [0.3, 0.4) is 0 Å². The topological polar surface area (TPSA) is 35.5 Å². The molecule has 0 aliphatic heterocycles. The molecule has 0 N–H and O–H groups in total. The van der Waals surface area contributed by atoms with Crippen LogP contribution in [0.5, 0.6) is 0 Å². The van der Waals surface area contributed by atoms with Crippen LogP contribution < -0.4 is 0 Å². The molecule has 0 rings (SSSR count). The third-order valence-electron chi connectivity index (χ3n) is 0.359. The zero-order valence-corrected chi connectivity index (χ0v) is 5.55. The summed E-state index contributed by atoms with van der Waals surface area (Å²) in [5.74, 6) is 0. The van der Waals surface area contributed by atoms with E-state index < -0.39 is 15.6 Å². The fourth-order valence-electron chi connectivity index (χ4n) is 0.0119. The molecule has 0 aromatic rings. The van der Waals surface area contributed by atoms with Crippen molar-refractivity contribution < 1.29 is 47.4 Å². The van der Waals surface area contributed by atoms with Gasteiger partial charge in [0.05, 0.1) is 0 Å². The molecule has 0 radical (unpaired) electrons. The molecule has 0 saturated carbocycles. The van der Waals surface area contributed by atoms with Gasteiger partial charge in [0.2, 0.25) is 0 Å². The predicted octanol–water partition coefficient (Wildman–Crippen LogP) is 0.966. The number of hydrogen-bond donors (Lipinski definition) is 0. The summed E-state index contributed by atoms with van der Waals surface area (Å²) in [6.45, 7) is 0. The molecule has 0 aliphatic carbocycles. The molecule has 0 aromatic carbocycles. The summed E-state index contributed by atoms with van der Waals surface area (Å²) in [6, 6.07) is 0. The molecule has 3 nitrogen and oxygen atoms in total. The minimum atomic E-state index is -12.4. The molecule has 0 unspecified atom stereocenters. The zero-order chi connectivity index (χ0) is 8.79. The van der Waals surface area contributed by atoms with Crippen LogP contribution in [0.4, 0.5) is 21.4 Å². The minimum absolute atomic E-state index is 0. The Kier molecular flexibility index (Phi) is 4.12. The maximum atomic E-state index is 11.0. The Labute approximate surface area is 84.8 Å². The van der Waals surface area contributed by atoms with Crippen LogP contribution in [0, 0.1) is 0 Å². The molecular weight excluding hydrogens is 224 g/mol. The van der Waals surface area contributed by atoms with Gasteiger partial charge in [-0.15, -0.1) is 0 Å². The van der Waals surface area contributed by atoms with E-state index in [0.717, 1.165) is 0 Å². The SMILES string of the molecule is [LiH].[LiH].[O]=[Ti]([F])([F])([F])([F])([O]F)[O]F. The Balaban J connectivity index is -0.000000405. The predicted molar refractivity (Wildman–Crippen MR) is 23.8 cm³/mol. The third kappa shape index (κ3) is 6.70. The van der Waals surface area contributed by atoms with E-state index in [1.807, 2.05) is 0 Å². The van der Waals surface area contributed by atoms with Crippen molar-refractivity contribution in [3.8, 4) is 0 Å². The second kappa shape index (κ2) is 2.62. The molecule has 0 bridgehead atoms. The number of hydrogen-bond acceptors (Lipinski definition) is 3. The van der Waals surface area contributed by atoms with Gasteiger partial charge in [-0.05, 0) is 0 Å². The van der Waals surface area contributed by atoms with Crippen LogP contribution in [0.1, 0.15) is 0 Å². The molecule has 12 heteroatoms. The quantitative estimate of drug-likeness (QED) is 0.519. The molecule has 12 heavy (non-hydrogen) atoms. The van der Waals surface area contributed by atoms with Crippen molar-refractivity contribution in [3.05, 3.63) is 0 Å². The Hall–Kier alpha value is 1.21. The Morgan fingerprint density at radius 2 is 1.00 bits per heavy atom. The summed E-state index contributed by atoms with van der Waals surface area (Å²) in [4.78, 5) is 0. The summed E-state index contributed by atoms with van der Waals surface area (Å²) in [6.07, 6.45) is 0. The summed E-state index contributed by atoms with van der Waals surface area (Å²) in [7, 11) is 0. The molecule has 0 heterocycles. The van der Waals surface area contributed by atoms with Crippen molar-refractivity contribution in [1.82, 2.24) is 0 Å². The maximum absolute atomic E-state index is 12.4. The van der Waals surface area contributed by atoms with Crippen LogP contribution in [-0.4, -0.2) is 37.7 Å². The van der Waals surface area contributed by atoms with Crippen LogP contribution in [0.25, 0.3) is 0 Å². The zero-order valence-electron chi connectivity index (χ0n) is 3.99. The molecule has 0 atom stereocenters. The molecule has 0 spiro atoms. The van der Waals surface area contributed by atoms with Crippen LogP contribution in [0.15, 0.2) is 0 Å². The molecule has 0 aliphatic rings. The van der Waals surface area contributed by atoms with E-state index in [4.69, 9.17) is 3.32 Å². The summed E-state index contributed by atoms with van der Waals surface area (Å²) < 4.78 is 74.7. The first kappa shape index (κ1) is 18.9. The second-order valence-electron chi connectivity index (χ2n) is 1.76. The molecule has 0 saturated heterocycles. The number of halogens is 6. The molecular formula is H2F6Li2O3Ti. The van der Waals surface area contributed by atoms with Crippen molar-refractivity contribution in [1.29, 1.82) is 0 Å². The molecule has 68 valence electrons. The third-order valence-corrected chi connectivity index (χ3v) is 1.48. The van der Waals surface area contributed by atoms with Crippen LogP contribution in [0.2, 0.25) is 0 Å². The standard InChI is InChI=1S/2FO.4FH.2Li.O.Ti.2H/c2*1-2;;;;;;;;;;/h;;4*1H;;;;;;/q2*-1;;;;;;;;+6;;/p-4. The van der Waals surface area contributed by atoms with Crippen molar-refractivity contribution in [2.75, 3.05) is 0 Å². The Morgan fingerprint density at radius 3 is 1.00 bits per heavy atom. The van der Waals surface area contributed by atoms with Gasteiger partial charge in [0, 0.05) is 0 Å². The van der Waals surface area contributed by atoms with Gasteiger partial charge in [-0.25, -0.2) is 0 Å². The van der Waals surface area contributed by atoms with Gasteiger partial charge in [-0.2, -0.15) is 0 Å². The summed E-state index contributed by atoms with van der Waals surface area (Å²) >= 11 is -12.4. The van der Waals surface area contributed by atoms with Crippen molar-refractivity contribution in [2.24, 2.45) is 0 Å². The fraction of sp³-hybridized carbons (Fsp3) is 0. The average molecular weight is 226 g/mol. The van der Waals surface area contributed by atoms with Gasteiger partial charge in [0.25, 0.3) is 0 Å². The first-order chi connectivity index (χ1) is 3.84. The average Bonchev–Trinajstić information content (AvgIpc) is 1.66.